The summed E-state index contributed by atoms with van der Waals surface area (Å²) in [5.41, 5.74) is 0.714. The molecule has 0 atom stereocenters. The van der Waals surface area contributed by atoms with Crippen LogP contribution in [0, 0.1) is 5.41 Å². The second-order valence-electron chi connectivity index (χ2n) is 2.31. The van der Waals surface area contributed by atoms with Gasteiger partial charge in [-0.3, -0.25) is 0 Å². The fourth-order valence-electron chi connectivity index (χ4n) is 0.578. The molecule has 0 saturated carbocycles. The molecule has 0 spiro atoms. The van der Waals surface area contributed by atoms with Crippen molar-refractivity contribution in [3.63, 3.8) is 0 Å². The summed E-state index contributed by atoms with van der Waals surface area (Å²) in [5, 5.41) is 10.2. The van der Waals surface area contributed by atoms with Crippen LogP contribution >= 0.6 is 0 Å². The SMILES string of the molecule is CCCCNCC(C)=N. The molecule has 0 rings (SSSR count). The van der Waals surface area contributed by atoms with E-state index in [-0.39, 0.29) is 0 Å². The van der Waals surface area contributed by atoms with Crippen LogP contribution in [0.2, 0.25) is 0 Å². The average Bonchev–Trinajstić information content (AvgIpc) is 1.80. The predicted octanol–water partition coefficient (Wildman–Crippen LogP) is 1.42. The van der Waals surface area contributed by atoms with E-state index in [4.69, 9.17) is 5.41 Å². The molecule has 2 heteroatoms. The molecule has 0 fully saturated rings. The lowest BCUT2D eigenvalue weighted by atomic mass is 10.3. The van der Waals surface area contributed by atoms with Crippen molar-refractivity contribution in [3.8, 4) is 0 Å². The van der Waals surface area contributed by atoms with Crippen LogP contribution in [0.25, 0.3) is 0 Å². The number of unbranched alkanes of at least 4 members (excludes halogenated alkanes) is 1. The lowest BCUT2D eigenvalue weighted by Gasteiger charge is -1.99. The van der Waals surface area contributed by atoms with E-state index in [1.807, 2.05) is 6.92 Å². The summed E-state index contributed by atoms with van der Waals surface area (Å²) in [6, 6.07) is 0. The third-order valence-corrected chi connectivity index (χ3v) is 1.10. The molecule has 0 bridgehead atoms. The van der Waals surface area contributed by atoms with E-state index in [1.54, 1.807) is 0 Å². The Morgan fingerprint density at radius 1 is 1.56 bits per heavy atom. The second-order valence-corrected chi connectivity index (χ2v) is 2.31. The molecule has 0 unspecified atom stereocenters. The molecule has 0 aliphatic rings. The lowest BCUT2D eigenvalue weighted by molar-refractivity contribution is 0.688. The van der Waals surface area contributed by atoms with Gasteiger partial charge in [0.05, 0.1) is 0 Å². The van der Waals surface area contributed by atoms with Crippen molar-refractivity contribution in [1.29, 1.82) is 5.41 Å². The summed E-state index contributed by atoms with van der Waals surface area (Å²) in [6.07, 6.45) is 2.44. The zero-order chi connectivity index (χ0) is 7.11. The molecule has 0 radical (unpaired) electrons. The van der Waals surface area contributed by atoms with Crippen LogP contribution in [0.3, 0.4) is 0 Å². The average molecular weight is 128 g/mol. The highest BCUT2D eigenvalue weighted by Gasteiger charge is 1.85. The van der Waals surface area contributed by atoms with Crippen LogP contribution in [-0.4, -0.2) is 18.8 Å². The zero-order valence-corrected chi connectivity index (χ0v) is 6.33. The standard InChI is InChI=1S/C7H16N2/c1-3-4-5-9-6-7(2)8/h8-9H,3-6H2,1-2H3. The third-order valence-electron chi connectivity index (χ3n) is 1.10. The van der Waals surface area contributed by atoms with Crippen molar-refractivity contribution < 1.29 is 0 Å². The number of hydrogen-bond donors (Lipinski definition) is 2. The minimum atomic E-state index is 0.714. The Morgan fingerprint density at radius 2 is 2.22 bits per heavy atom. The van der Waals surface area contributed by atoms with Crippen molar-refractivity contribution in [2.24, 2.45) is 0 Å². The maximum absolute atomic E-state index is 7.07. The summed E-state index contributed by atoms with van der Waals surface area (Å²) in [4.78, 5) is 0. The molecular weight excluding hydrogens is 112 g/mol. The highest BCUT2D eigenvalue weighted by atomic mass is 14.9. The van der Waals surface area contributed by atoms with Gasteiger partial charge in [0.25, 0.3) is 0 Å². The van der Waals surface area contributed by atoms with Crippen molar-refractivity contribution in [2.75, 3.05) is 13.1 Å². The van der Waals surface area contributed by atoms with Gasteiger partial charge in [-0.05, 0) is 19.9 Å². The topological polar surface area (TPSA) is 35.9 Å². The minimum absolute atomic E-state index is 0.714. The Morgan fingerprint density at radius 3 is 2.67 bits per heavy atom. The quantitative estimate of drug-likeness (QED) is 0.426. The molecule has 0 aliphatic heterocycles. The zero-order valence-electron chi connectivity index (χ0n) is 6.33. The third kappa shape index (κ3) is 7.63. The number of hydrogen-bond acceptors (Lipinski definition) is 2. The number of rotatable bonds is 5. The molecule has 0 aromatic rings. The highest BCUT2D eigenvalue weighted by molar-refractivity contribution is 5.80. The molecule has 0 heterocycles. The molecule has 0 amide bonds. The monoisotopic (exact) mass is 128 g/mol. The van der Waals surface area contributed by atoms with Crippen LogP contribution in [0.1, 0.15) is 26.7 Å². The maximum Gasteiger partial charge on any atom is 0.0329 e. The molecule has 0 aliphatic carbocycles. The van der Waals surface area contributed by atoms with Crippen LogP contribution in [0.15, 0.2) is 0 Å². The maximum atomic E-state index is 7.07. The van der Waals surface area contributed by atoms with Gasteiger partial charge in [0.15, 0.2) is 0 Å². The molecule has 0 aromatic carbocycles. The fourth-order valence-corrected chi connectivity index (χ4v) is 0.578. The van der Waals surface area contributed by atoms with Crippen molar-refractivity contribution in [2.45, 2.75) is 26.7 Å². The summed E-state index contributed by atoms with van der Waals surface area (Å²) >= 11 is 0. The summed E-state index contributed by atoms with van der Waals surface area (Å²) in [7, 11) is 0. The van der Waals surface area contributed by atoms with Gasteiger partial charge in [0.2, 0.25) is 0 Å². The van der Waals surface area contributed by atoms with Gasteiger partial charge < -0.3 is 10.7 Å². The molecule has 0 aromatic heterocycles. The Hall–Kier alpha value is -0.370. The van der Waals surface area contributed by atoms with Crippen LogP contribution < -0.4 is 5.32 Å². The van der Waals surface area contributed by atoms with Crippen molar-refractivity contribution in [3.05, 3.63) is 0 Å². The van der Waals surface area contributed by atoms with E-state index in [0.717, 1.165) is 13.1 Å². The van der Waals surface area contributed by atoms with E-state index < -0.39 is 0 Å². The van der Waals surface area contributed by atoms with Crippen molar-refractivity contribution >= 4 is 5.71 Å². The Bertz CT molecular complexity index is 79.0. The van der Waals surface area contributed by atoms with Gasteiger partial charge in [-0.1, -0.05) is 13.3 Å². The van der Waals surface area contributed by atoms with Crippen LogP contribution in [0.5, 0.6) is 0 Å². The Balaban J connectivity index is 2.83. The van der Waals surface area contributed by atoms with Gasteiger partial charge in [-0.15, -0.1) is 0 Å². The van der Waals surface area contributed by atoms with Crippen LogP contribution in [-0.2, 0) is 0 Å². The summed E-state index contributed by atoms with van der Waals surface area (Å²) in [5.74, 6) is 0. The molecule has 0 saturated heterocycles. The molecule has 9 heavy (non-hydrogen) atoms. The first-order valence-corrected chi connectivity index (χ1v) is 3.52. The van der Waals surface area contributed by atoms with E-state index in [2.05, 4.69) is 12.2 Å². The first-order chi connectivity index (χ1) is 4.27. The van der Waals surface area contributed by atoms with Crippen molar-refractivity contribution in [1.82, 2.24) is 5.32 Å². The van der Waals surface area contributed by atoms with Gasteiger partial charge >= 0.3 is 0 Å². The molecular formula is C7H16N2. The first-order valence-electron chi connectivity index (χ1n) is 3.52. The van der Waals surface area contributed by atoms with Gasteiger partial charge in [0, 0.05) is 12.3 Å². The first kappa shape index (κ1) is 8.63. The smallest absolute Gasteiger partial charge is 0.0329 e. The van der Waals surface area contributed by atoms with E-state index in [9.17, 15) is 0 Å². The Kier molecular flexibility index (Phi) is 5.52. The largest absolute Gasteiger partial charge is 0.311 e. The normalized spacial score (nSPS) is 9.56. The van der Waals surface area contributed by atoms with E-state index in [1.165, 1.54) is 12.8 Å². The second kappa shape index (κ2) is 5.76. The van der Waals surface area contributed by atoms with Gasteiger partial charge in [-0.25, -0.2) is 0 Å². The van der Waals surface area contributed by atoms with Gasteiger partial charge in [-0.2, -0.15) is 0 Å². The molecule has 54 valence electrons. The van der Waals surface area contributed by atoms with E-state index >= 15 is 0 Å². The minimum Gasteiger partial charge on any atom is -0.311 e. The summed E-state index contributed by atoms with van der Waals surface area (Å²) in [6.45, 7) is 5.78. The molecule has 2 N–H and O–H groups in total. The highest BCUT2D eigenvalue weighted by Crippen LogP contribution is 1.81. The van der Waals surface area contributed by atoms with Gasteiger partial charge in [0.1, 0.15) is 0 Å². The lowest BCUT2D eigenvalue weighted by Crippen LogP contribution is -2.21. The van der Waals surface area contributed by atoms with Crippen LogP contribution in [0.4, 0.5) is 0 Å². The Labute approximate surface area is 57.2 Å². The van der Waals surface area contributed by atoms with E-state index in [0.29, 0.717) is 5.71 Å². The predicted molar refractivity (Wildman–Crippen MR) is 41.2 cm³/mol. The number of nitrogens with one attached hydrogen (secondary N) is 2. The fraction of sp³-hybridized carbons (Fsp3) is 0.857. The summed E-state index contributed by atoms with van der Waals surface area (Å²) < 4.78 is 0. The molecule has 2 nitrogen and oxygen atoms in total.